The highest BCUT2D eigenvalue weighted by molar-refractivity contribution is 7.91. The third-order valence-electron chi connectivity index (χ3n) is 3.26. The second-order valence-corrected chi connectivity index (χ2v) is 8.65. The van der Waals surface area contributed by atoms with Crippen molar-refractivity contribution in [1.82, 2.24) is 9.62 Å². The molecule has 0 bridgehead atoms. The first kappa shape index (κ1) is 15.0. The van der Waals surface area contributed by atoms with Gasteiger partial charge in [-0.15, -0.1) is 11.3 Å². The number of sulfonamides is 1. The van der Waals surface area contributed by atoms with Gasteiger partial charge in [-0.25, -0.2) is 8.42 Å². The van der Waals surface area contributed by atoms with Gasteiger partial charge in [0.25, 0.3) is 10.0 Å². The summed E-state index contributed by atoms with van der Waals surface area (Å²) in [5.41, 5.74) is 0. The zero-order valence-electron chi connectivity index (χ0n) is 11.7. The molecule has 1 aliphatic carbocycles. The predicted octanol–water partition coefficient (Wildman–Crippen LogP) is 2.28. The summed E-state index contributed by atoms with van der Waals surface area (Å²) in [5, 5.41) is 3.04. The van der Waals surface area contributed by atoms with E-state index < -0.39 is 10.0 Å². The summed E-state index contributed by atoms with van der Waals surface area (Å²) >= 11 is 1.37. The zero-order chi connectivity index (χ0) is 14.0. The molecule has 1 aromatic heterocycles. The highest BCUT2D eigenvalue weighted by Gasteiger charge is 2.34. The second-order valence-electron chi connectivity index (χ2n) is 5.36. The molecule has 2 rings (SSSR count). The first-order valence-electron chi connectivity index (χ1n) is 6.70. The minimum atomic E-state index is -3.33. The van der Waals surface area contributed by atoms with Crippen molar-refractivity contribution in [2.75, 3.05) is 13.6 Å². The van der Waals surface area contributed by atoms with Crippen LogP contribution in [-0.4, -0.2) is 32.4 Å². The molecule has 1 N–H and O–H groups in total. The quantitative estimate of drug-likeness (QED) is 0.840. The highest BCUT2D eigenvalue weighted by Crippen LogP contribution is 2.33. The lowest BCUT2D eigenvalue weighted by Gasteiger charge is -2.25. The molecule has 1 aromatic rings. The zero-order valence-corrected chi connectivity index (χ0v) is 13.4. The maximum absolute atomic E-state index is 12.7. The summed E-state index contributed by atoms with van der Waals surface area (Å²) in [6.07, 6.45) is 2.32. The van der Waals surface area contributed by atoms with Gasteiger partial charge in [-0.05, 0) is 51.8 Å². The predicted molar refractivity (Wildman–Crippen MR) is 78.8 cm³/mol. The normalized spacial score (nSPS) is 16.5. The number of thiophene rings is 1. The fourth-order valence-electron chi connectivity index (χ4n) is 2.02. The van der Waals surface area contributed by atoms with E-state index in [0.717, 1.165) is 17.7 Å². The molecule has 0 spiro atoms. The summed E-state index contributed by atoms with van der Waals surface area (Å²) in [7, 11) is -1.47. The van der Waals surface area contributed by atoms with Crippen LogP contribution in [0.1, 0.15) is 31.6 Å². The Kier molecular flexibility index (Phi) is 4.66. The summed E-state index contributed by atoms with van der Waals surface area (Å²) in [6.45, 7) is 5.27. The van der Waals surface area contributed by atoms with Gasteiger partial charge in [0.15, 0.2) is 0 Å². The average molecular weight is 302 g/mol. The SMILES string of the molecule is CNCc1ccc(S(=O)(=O)N(CC2CC2)C(C)C)s1. The maximum atomic E-state index is 12.7. The van der Waals surface area contributed by atoms with Crippen molar-refractivity contribution < 1.29 is 8.42 Å². The van der Waals surface area contributed by atoms with Crippen LogP contribution < -0.4 is 5.32 Å². The molecule has 19 heavy (non-hydrogen) atoms. The second kappa shape index (κ2) is 5.91. The molecule has 1 saturated carbocycles. The molecular formula is C13H22N2O2S2. The van der Waals surface area contributed by atoms with Crippen molar-refractivity contribution in [3.63, 3.8) is 0 Å². The van der Waals surface area contributed by atoms with Crippen LogP contribution in [0.5, 0.6) is 0 Å². The van der Waals surface area contributed by atoms with E-state index in [9.17, 15) is 8.42 Å². The molecule has 108 valence electrons. The van der Waals surface area contributed by atoms with E-state index in [-0.39, 0.29) is 6.04 Å². The average Bonchev–Trinajstić information content (AvgIpc) is 3.03. The van der Waals surface area contributed by atoms with Gasteiger partial charge in [0.1, 0.15) is 4.21 Å². The van der Waals surface area contributed by atoms with Crippen LogP contribution >= 0.6 is 11.3 Å². The number of hydrogen-bond acceptors (Lipinski definition) is 4. The van der Waals surface area contributed by atoms with Gasteiger partial charge in [0, 0.05) is 24.0 Å². The Morgan fingerprint density at radius 1 is 1.42 bits per heavy atom. The molecule has 6 heteroatoms. The van der Waals surface area contributed by atoms with Crippen LogP contribution in [0.25, 0.3) is 0 Å². The molecule has 0 radical (unpaired) electrons. The van der Waals surface area contributed by atoms with E-state index in [0.29, 0.717) is 23.2 Å². The molecule has 0 amide bonds. The Hall–Kier alpha value is -0.430. The third kappa shape index (κ3) is 3.56. The van der Waals surface area contributed by atoms with Crippen molar-refractivity contribution >= 4 is 21.4 Å². The third-order valence-corrected chi connectivity index (χ3v) is 6.86. The molecule has 0 unspecified atom stereocenters. The number of hydrogen-bond donors (Lipinski definition) is 1. The molecular weight excluding hydrogens is 280 g/mol. The largest absolute Gasteiger partial charge is 0.315 e. The Balaban J connectivity index is 2.21. The minimum Gasteiger partial charge on any atom is -0.315 e. The fourth-order valence-corrected chi connectivity index (χ4v) is 5.23. The monoisotopic (exact) mass is 302 g/mol. The van der Waals surface area contributed by atoms with Crippen LogP contribution in [0.2, 0.25) is 0 Å². The molecule has 1 fully saturated rings. The summed E-state index contributed by atoms with van der Waals surface area (Å²) < 4.78 is 27.5. The lowest BCUT2D eigenvalue weighted by Crippen LogP contribution is -2.38. The van der Waals surface area contributed by atoms with Crippen molar-refractivity contribution in [1.29, 1.82) is 0 Å². The Morgan fingerprint density at radius 2 is 2.11 bits per heavy atom. The summed E-state index contributed by atoms with van der Waals surface area (Å²) in [5.74, 6) is 0.564. The molecule has 0 atom stereocenters. The first-order valence-corrected chi connectivity index (χ1v) is 8.96. The smallest absolute Gasteiger partial charge is 0.252 e. The maximum Gasteiger partial charge on any atom is 0.252 e. The number of nitrogens with one attached hydrogen (secondary N) is 1. The number of rotatable bonds is 7. The summed E-state index contributed by atoms with van der Waals surface area (Å²) in [4.78, 5) is 1.05. The van der Waals surface area contributed by atoms with Crippen molar-refractivity contribution in [2.24, 2.45) is 5.92 Å². The minimum absolute atomic E-state index is 0.0143. The van der Waals surface area contributed by atoms with E-state index in [1.165, 1.54) is 11.3 Å². The number of nitrogens with zero attached hydrogens (tertiary/aromatic N) is 1. The van der Waals surface area contributed by atoms with Crippen molar-refractivity contribution in [2.45, 2.75) is 43.5 Å². The topological polar surface area (TPSA) is 49.4 Å². The molecule has 0 aromatic carbocycles. The van der Waals surface area contributed by atoms with E-state index in [1.807, 2.05) is 27.0 Å². The van der Waals surface area contributed by atoms with Crippen molar-refractivity contribution in [3.8, 4) is 0 Å². The van der Waals surface area contributed by atoms with Gasteiger partial charge in [-0.1, -0.05) is 0 Å². The lowest BCUT2D eigenvalue weighted by molar-refractivity contribution is 0.342. The van der Waals surface area contributed by atoms with Crippen LogP contribution in [0.15, 0.2) is 16.3 Å². The van der Waals surface area contributed by atoms with Crippen LogP contribution in [-0.2, 0) is 16.6 Å². The van der Waals surface area contributed by atoms with Crippen LogP contribution in [0.3, 0.4) is 0 Å². The van der Waals surface area contributed by atoms with E-state index in [1.54, 1.807) is 10.4 Å². The standard InChI is InChI=1S/C13H22N2O2S2/c1-10(2)15(9-11-4-5-11)19(16,17)13-7-6-12(18-13)8-14-3/h6-7,10-11,14H,4-5,8-9H2,1-3H3. The summed E-state index contributed by atoms with van der Waals surface area (Å²) in [6, 6.07) is 3.64. The van der Waals surface area contributed by atoms with Crippen LogP contribution in [0.4, 0.5) is 0 Å². The van der Waals surface area contributed by atoms with Gasteiger partial charge < -0.3 is 5.32 Å². The van der Waals surface area contributed by atoms with Gasteiger partial charge in [-0.3, -0.25) is 0 Å². The van der Waals surface area contributed by atoms with Gasteiger partial charge in [0.05, 0.1) is 0 Å². The Morgan fingerprint density at radius 3 is 2.63 bits per heavy atom. The fraction of sp³-hybridized carbons (Fsp3) is 0.692. The van der Waals surface area contributed by atoms with Crippen LogP contribution in [0, 0.1) is 5.92 Å². The molecule has 4 nitrogen and oxygen atoms in total. The highest BCUT2D eigenvalue weighted by atomic mass is 32.2. The molecule has 0 saturated heterocycles. The Bertz CT molecular complexity index is 519. The first-order chi connectivity index (χ1) is 8.95. The van der Waals surface area contributed by atoms with Gasteiger partial charge in [0.2, 0.25) is 0 Å². The lowest BCUT2D eigenvalue weighted by atomic mass is 10.3. The Labute approximate surface area is 119 Å². The van der Waals surface area contributed by atoms with Gasteiger partial charge >= 0.3 is 0 Å². The molecule has 1 aliphatic rings. The van der Waals surface area contributed by atoms with E-state index in [2.05, 4.69) is 5.32 Å². The van der Waals surface area contributed by atoms with Gasteiger partial charge in [-0.2, -0.15) is 4.31 Å². The molecule has 0 aliphatic heterocycles. The van der Waals surface area contributed by atoms with E-state index >= 15 is 0 Å². The molecule has 1 heterocycles. The van der Waals surface area contributed by atoms with E-state index in [4.69, 9.17) is 0 Å². The van der Waals surface area contributed by atoms with Crippen molar-refractivity contribution in [3.05, 3.63) is 17.0 Å².